The lowest BCUT2D eigenvalue weighted by atomic mass is 9.97. The molecule has 0 atom stereocenters. The van der Waals surface area contributed by atoms with Crippen molar-refractivity contribution < 1.29 is 9.63 Å². The monoisotopic (exact) mass is 253 g/mol. The van der Waals surface area contributed by atoms with Gasteiger partial charge in [-0.1, -0.05) is 24.3 Å². The summed E-state index contributed by atoms with van der Waals surface area (Å²) >= 11 is 0. The molecule has 3 nitrogen and oxygen atoms in total. The Kier molecular flexibility index (Phi) is 2.84. The standard InChI is InChI=1S/C16H15NO2/c1-10(18)14-5-3-4-11-8-12-9-13(17-19-2)6-7-15(12)16(11)14/h3-7,9,17H,8H2,1-2H3. The van der Waals surface area contributed by atoms with E-state index in [1.54, 1.807) is 14.0 Å². The molecule has 0 spiro atoms. The molecule has 0 aromatic heterocycles. The minimum Gasteiger partial charge on any atom is -0.294 e. The summed E-state index contributed by atoms with van der Waals surface area (Å²) in [6.45, 7) is 1.62. The van der Waals surface area contributed by atoms with Crippen LogP contribution in [-0.2, 0) is 11.3 Å². The first-order valence-electron chi connectivity index (χ1n) is 6.26. The molecule has 19 heavy (non-hydrogen) atoms. The minimum atomic E-state index is 0.115. The van der Waals surface area contributed by atoms with Gasteiger partial charge in [-0.05, 0) is 47.7 Å². The van der Waals surface area contributed by atoms with Crippen LogP contribution >= 0.6 is 0 Å². The molecule has 2 aromatic carbocycles. The molecule has 0 unspecified atom stereocenters. The second-order valence-corrected chi connectivity index (χ2v) is 4.75. The fraction of sp³-hybridized carbons (Fsp3) is 0.188. The molecule has 0 amide bonds. The number of fused-ring (bicyclic) bond motifs is 3. The van der Waals surface area contributed by atoms with Gasteiger partial charge in [-0.3, -0.25) is 15.1 Å². The molecule has 0 aliphatic heterocycles. The van der Waals surface area contributed by atoms with Crippen LogP contribution in [0.25, 0.3) is 11.1 Å². The number of rotatable bonds is 3. The topological polar surface area (TPSA) is 38.3 Å². The predicted octanol–water partition coefficient (Wildman–Crippen LogP) is 3.43. The molecule has 0 saturated heterocycles. The fourth-order valence-electron chi connectivity index (χ4n) is 2.73. The van der Waals surface area contributed by atoms with Gasteiger partial charge in [-0.15, -0.1) is 0 Å². The summed E-state index contributed by atoms with van der Waals surface area (Å²) in [5.41, 5.74) is 9.27. The number of Topliss-reactive ketones (excluding diaryl/α,β-unsaturated/α-hetero) is 1. The first kappa shape index (κ1) is 11.9. The summed E-state index contributed by atoms with van der Waals surface area (Å²) in [5.74, 6) is 0.115. The molecule has 1 aliphatic carbocycles. The van der Waals surface area contributed by atoms with Gasteiger partial charge in [-0.2, -0.15) is 0 Å². The van der Waals surface area contributed by atoms with Gasteiger partial charge in [0.05, 0.1) is 12.8 Å². The van der Waals surface area contributed by atoms with Gasteiger partial charge in [0.2, 0.25) is 0 Å². The van der Waals surface area contributed by atoms with E-state index in [1.165, 1.54) is 11.1 Å². The number of carbonyl (C=O) groups excluding carboxylic acids is 1. The Bertz CT molecular complexity index is 662. The van der Waals surface area contributed by atoms with Gasteiger partial charge < -0.3 is 0 Å². The highest BCUT2D eigenvalue weighted by Gasteiger charge is 2.22. The maximum Gasteiger partial charge on any atom is 0.160 e. The van der Waals surface area contributed by atoms with Crippen molar-refractivity contribution in [1.29, 1.82) is 0 Å². The van der Waals surface area contributed by atoms with Gasteiger partial charge in [0.15, 0.2) is 5.78 Å². The van der Waals surface area contributed by atoms with Crippen molar-refractivity contribution in [2.45, 2.75) is 13.3 Å². The number of hydrogen-bond donors (Lipinski definition) is 1. The largest absolute Gasteiger partial charge is 0.294 e. The third-order valence-electron chi connectivity index (χ3n) is 3.51. The molecular formula is C16H15NO2. The Hall–Kier alpha value is -2.13. The van der Waals surface area contributed by atoms with Crippen LogP contribution in [-0.4, -0.2) is 12.9 Å². The summed E-state index contributed by atoms with van der Waals surface area (Å²) in [7, 11) is 1.59. The molecule has 1 aliphatic rings. The molecule has 1 N–H and O–H groups in total. The first-order valence-corrected chi connectivity index (χ1v) is 6.26. The van der Waals surface area contributed by atoms with Crippen LogP contribution in [0.2, 0.25) is 0 Å². The van der Waals surface area contributed by atoms with E-state index in [2.05, 4.69) is 23.7 Å². The van der Waals surface area contributed by atoms with E-state index >= 15 is 0 Å². The number of hydrogen-bond acceptors (Lipinski definition) is 3. The average Bonchev–Trinajstić information content (AvgIpc) is 2.76. The van der Waals surface area contributed by atoms with Crippen LogP contribution in [0.4, 0.5) is 5.69 Å². The molecule has 96 valence electrons. The average molecular weight is 253 g/mol. The summed E-state index contributed by atoms with van der Waals surface area (Å²) in [6.07, 6.45) is 0.866. The number of nitrogens with one attached hydrogen (secondary N) is 1. The number of carbonyl (C=O) groups is 1. The molecule has 0 heterocycles. The van der Waals surface area contributed by atoms with Crippen LogP contribution in [0.5, 0.6) is 0 Å². The molecule has 0 radical (unpaired) electrons. The fourth-order valence-corrected chi connectivity index (χ4v) is 2.73. The Morgan fingerprint density at radius 2 is 2.05 bits per heavy atom. The van der Waals surface area contributed by atoms with Crippen molar-refractivity contribution >= 4 is 11.5 Å². The Morgan fingerprint density at radius 3 is 2.79 bits per heavy atom. The Labute approximate surface area is 112 Å². The molecule has 0 saturated carbocycles. The van der Waals surface area contributed by atoms with E-state index in [1.807, 2.05) is 18.2 Å². The summed E-state index contributed by atoms with van der Waals surface area (Å²) in [6, 6.07) is 12.0. The highest BCUT2D eigenvalue weighted by molar-refractivity contribution is 6.03. The zero-order chi connectivity index (χ0) is 13.4. The number of anilines is 1. The van der Waals surface area contributed by atoms with Gasteiger partial charge in [0.1, 0.15) is 0 Å². The van der Waals surface area contributed by atoms with Crippen molar-refractivity contribution in [2.75, 3.05) is 12.6 Å². The summed E-state index contributed by atoms with van der Waals surface area (Å²) in [5, 5.41) is 0. The van der Waals surface area contributed by atoms with E-state index < -0.39 is 0 Å². The van der Waals surface area contributed by atoms with Gasteiger partial charge >= 0.3 is 0 Å². The van der Waals surface area contributed by atoms with Crippen molar-refractivity contribution in [2.24, 2.45) is 0 Å². The van der Waals surface area contributed by atoms with E-state index in [9.17, 15) is 4.79 Å². The Morgan fingerprint density at radius 1 is 1.21 bits per heavy atom. The zero-order valence-electron chi connectivity index (χ0n) is 11.0. The third kappa shape index (κ3) is 1.92. The molecule has 0 fully saturated rings. The highest BCUT2D eigenvalue weighted by atomic mass is 16.6. The second-order valence-electron chi connectivity index (χ2n) is 4.75. The van der Waals surface area contributed by atoms with E-state index in [0.29, 0.717) is 0 Å². The smallest absolute Gasteiger partial charge is 0.160 e. The van der Waals surface area contributed by atoms with Crippen molar-refractivity contribution in [3.05, 3.63) is 53.1 Å². The van der Waals surface area contributed by atoms with Crippen LogP contribution in [0.3, 0.4) is 0 Å². The quantitative estimate of drug-likeness (QED) is 0.574. The lowest BCUT2D eigenvalue weighted by molar-refractivity contribution is 0.101. The maximum atomic E-state index is 11.8. The number of ketones is 1. The minimum absolute atomic E-state index is 0.115. The van der Waals surface area contributed by atoms with Crippen LogP contribution < -0.4 is 5.48 Å². The second kappa shape index (κ2) is 4.52. The normalized spacial score (nSPS) is 11.9. The van der Waals surface area contributed by atoms with Gasteiger partial charge in [0.25, 0.3) is 0 Å². The van der Waals surface area contributed by atoms with Gasteiger partial charge in [0, 0.05) is 5.56 Å². The molecule has 2 aromatic rings. The predicted molar refractivity (Wildman–Crippen MR) is 75.3 cm³/mol. The highest BCUT2D eigenvalue weighted by Crippen LogP contribution is 2.40. The molecule has 3 heteroatoms. The molecular weight excluding hydrogens is 238 g/mol. The first-order chi connectivity index (χ1) is 9.20. The lowest BCUT2D eigenvalue weighted by Gasteiger charge is -2.08. The van der Waals surface area contributed by atoms with E-state index in [0.717, 1.165) is 28.8 Å². The maximum absolute atomic E-state index is 11.8. The number of benzene rings is 2. The van der Waals surface area contributed by atoms with Crippen LogP contribution in [0.15, 0.2) is 36.4 Å². The van der Waals surface area contributed by atoms with Crippen molar-refractivity contribution in [3.63, 3.8) is 0 Å². The van der Waals surface area contributed by atoms with Crippen molar-refractivity contribution in [3.8, 4) is 11.1 Å². The summed E-state index contributed by atoms with van der Waals surface area (Å²) in [4.78, 5) is 16.7. The van der Waals surface area contributed by atoms with E-state index in [4.69, 9.17) is 4.84 Å². The van der Waals surface area contributed by atoms with Crippen LogP contribution in [0.1, 0.15) is 28.4 Å². The Balaban J connectivity index is 2.14. The van der Waals surface area contributed by atoms with Crippen LogP contribution in [0, 0.1) is 0 Å². The van der Waals surface area contributed by atoms with E-state index in [-0.39, 0.29) is 5.78 Å². The zero-order valence-corrected chi connectivity index (χ0v) is 11.0. The molecule has 3 rings (SSSR count). The third-order valence-corrected chi connectivity index (χ3v) is 3.51. The SMILES string of the molecule is CONc1ccc2c(c1)Cc1cccc(C(C)=O)c1-2. The van der Waals surface area contributed by atoms with Gasteiger partial charge in [-0.25, -0.2) is 0 Å². The summed E-state index contributed by atoms with van der Waals surface area (Å²) < 4.78 is 0. The lowest BCUT2D eigenvalue weighted by Crippen LogP contribution is -1.97. The van der Waals surface area contributed by atoms with Crippen molar-refractivity contribution in [1.82, 2.24) is 0 Å². The molecule has 0 bridgehead atoms.